The first kappa shape index (κ1) is 17.4. The summed E-state index contributed by atoms with van der Waals surface area (Å²) in [7, 11) is 0. The Balaban J connectivity index is 1.74. The van der Waals surface area contributed by atoms with Gasteiger partial charge < -0.3 is 15.0 Å². The number of amides is 1. The average Bonchev–Trinajstić information content (AvgIpc) is 2.47. The molecule has 0 saturated carbocycles. The fraction of sp³-hybridized carbons (Fsp3) is 0.562. The van der Waals surface area contributed by atoms with E-state index >= 15 is 0 Å². The minimum Gasteiger partial charge on any atom is -0.482 e. The van der Waals surface area contributed by atoms with Gasteiger partial charge in [0.15, 0.2) is 6.61 Å². The molecule has 1 amide bonds. The topological polar surface area (TPSA) is 41.6 Å². The van der Waals surface area contributed by atoms with E-state index in [4.69, 9.17) is 27.9 Å². The quantitative estimate of drug-likeness (QED) is 0.890. The van der Waals surface area contributed by atoms with Gasteiger partial charge in [-0.05, 0) is 44.9 Å². The van der Waals surface area contributed by atoms with Crippen LogP contribution >= 0.6 is 23.2 Å². The number of likely N-dealkylation sites (tertiary alicyclic amines) is 1. The zero-order valence-electron chi connectivity index (χ0n) is 12.9. The lowest BCUT2D eigenvalue weighted by molar-refractivity contribution is -0.124. The summed E-state index contributed by atoms with van der Waals surface area (Å²) >= 11 is 11.8. The number of carbonyl (C=O) groups is 1. The number of hydrogen-bond acceptors (Lipinski definition) is 3. The Hall–Kier alpha value is -0.970. The predicted molar refractivity (Wildman–Crippen MR) is 89.8 cm³/mol. The fourth-order valence-electron chi connectivity index (χ4n) is 2.57. The lowest BCUT2D eigenvalue weighted by Gasteiger charge is -2.34. The molecule has 22 heavy (non-hydrogen) atoms. The molecule has 1 aromatic rings. The molecule has 0 atom stereocenters. The molecule has 0 aromatic heterocycles. The number of carbonyl (C=O) groups excluding carboxylic acids is 1. The van der Waals surface area contributed by atoms with Crippen LogP contribution < -0.4 is 10.1 Å². The van der Waals surface area contributed by atoms with E-state index in [-0.39, 0.29) is 18.6 Å². The van der Waals surface area contributed by atoms with Crippen molar-refractivity contribution < 1.29 is 9.53 Å². The van der Waals surface area contributed by atoms with E-state index in [9.17, 15) is 4.79 Å². The summed E-state index contributed by atoms with van der Waals surface area (Å²) in [5.41, 5.74) is 0. The summed E-state index contributed by atoms with van der Waals surface area (Å²) in [5, 5.41) is 3.97. The Morgan fingerprint density at radius 2 is 2.05 bits per heavy atom. The summed E-state index contributed by atoms with van der Waals surface area (Å²) in [6.07, 6.45) is 1.96. The smallest absolute Gasteiger partial charge is 0.258 e. The molecule has 0 radical (unpaired) electrons. The van der Waals surface area contributed by atoms with E-state index in [1.54, 1.807) is 18.2 Å². The molecule has 2 rings (SSSR count). The van der Waals surface area contributed by atoms with Crippen LogP contribution in [0, 0.1) is 0 Å². The van der Waals surface area contributed by atoms with E-state index in [1.807, 2.05) is 0 Å². The van der Waals surface area contributed by atoms with Crippen molar-refractivity contribution in [2.45, 2.75) is 38.8 Å². The number of nitrogens with one attached hydrogen (secondary N) is 1. The average molecular weight is 345 g/mol. The van der Waals surface area contributed by atoms with Crippen LogP contribution in [0.2, 0.25) is 10.0 Å². The van der Waals surface area contributed by atoms with Crippen LogP contribution in [0.5, 0.6) is 5.75 Å². The van der Waals surface area contributed by atoms with Gasteiger partial charge in [-0.2, -0.15) is 0 Å². The molecule has 1 saturated heterocycles. The molecule has 1 fully saturated rings. The SMILES string of the molecule is CC(C)N1CCC(NC(=O)COc2ccc(Cl)cc2Cl)CC1. The van der Waals surface area contributed by atoms with Crippen molar-refractivity contribution >= 4 is 29.1 Å². The predicted octanol–water partition coefficient (Wildman–Crippen LogP) is 3.36. The van der Waals surface area contributed by atoms with Crippen molar-refractivity contribution in [3.8, 4) is 5.75 Å². The summed E-state index contributed by atoms with van der Waals surface area (Å²) in [6, 6.07) is 5.73. The van der Waals surface area contributed by atoms with Gasteiger partial charge in [-0.3, -0.25) is 4.79 Å². The largest absolute Gasteiger partial charge is 0.482 e. The second kappa shape index (κ2) is 8.04. The highest BCUT2D eigenvalue weighted by Crippen LogP contribution is 2.27. The van der Waals surface area contributed by atoms with Gasteiger partial charge in [0.1, 0.15) is 5.75 Å². The lowest BCUT2D eigenvalue weighted by Crippen LogP contribution is -2.47. The highest BCUT2D eigenvalue weighted by molar-refractivity contribution is 6.35. The van der Waals surface area contributed by atoms with Crippen LogP contribution in [-0.2, 0) is 4.79 Å². The van der Waals surface area contributed by atoms with Crippen LogP contribution in [0.25, 0.3) is 0 Å². The molecule has 1 N–H and O–H groups in total. The first-order valence-corrected chi connectivity index (χ1v) is 8.32. The van der Waals surface area contributed by atoms with Gasteiger partial charge in [-0.15, -0.1) is 0 Å². The molecule has 0 spiro atoms. The van der Waals surface area contributed by atoms with Crippen molar-refractivity contribution in [1.29, 1.82) is 0 Å². The van der Waals surface area contributed by atoms with Crippen molar-refractivity contribution in [2.75, 3.05) is 19.7 Å². The molecular weight excluding hydrogens is 323 g/mol. The van der Waals surface area contributed by atoms with E-state index in [2.05, 4.69) is 24.1 Å². The Morgan fingerprint density at radius 1 is 1.36 bits per heavy atom. The van der Waals surface area contributed by atoms with Gasteiger partial charge >= 0.3 is 0 Å². The van der Waals surface area contributed by atoms with Crippen LogP contribution in [-0.4, -0.2) is 42.6 Å². The molecule has 1 heterocycles. The third-order valence-electron chi connectivity index (χ3n) is 3.88. The minimum atomic E-state index is -0.117. The van der Waals surface area contributed by atoms with Crippen LogP contribution in [0.15, 0.2) is 18.2 Å². The normalized spacial score (nSPS) is 16.8. The van der Waals surface area contributed by atoms with Crippen LogP contribution in [0.4, 0.5) is 0 Å². The van der Waals surface area contributed by atoms with Gasteiger partial charge in [0.25, 0.3) is 5.91 Å². The maximum Gasteiger partial charge on any atom is 0.258 e. The van der Waals surface area contributed by atoms with Crippen molar-refractivity contribution in [2.24, 2.45) is 0 Å². The Morgan fingerprint density at radius 3 is 2.64 bits per heavy atom. The number of ether oxygens (including phenoxy) is 1. The van der Waals surface area contributed by atoms with E-state index < -0.39 is 0 Å². The minimum absolute atomic E-state index is 0.0360. The number of piperidine rings is 1. The summed E-state index contributed by atoms with van der Waals surface area (Å²) in [6.45, 7) is 6.40. The molecule has 0 aliphatic carbocycles. The molecule has 1 aliphatic heterocycles. The molecule has 1 aliphatic rings. The summed E-state index contributed by atoms with van der Waals surface area (Å²) in [4.78, 5) is 14.4. The van der Waals surface area contributed by atoms with Gasteiger partial charge in [-0.25, -0.2) is 0 Å². The standard InChI is InChI=1S/C16H22Cl2N2O2/c1-11(2)20-7-5-13(6-8-20)19-16(21)10-22-15-4-3-12(17)9-14(15)18/h3-4,9,11,13H,5-8,10H2,1-2H3,(H,19,21). The molecule has 0 bridgehead atoms. The second-order valence-electron chi connectivity index (χ2n) is 5.83. The van der Waals surface area contributed by atoms with Gasteiger partial charge in [0, 0.05) is 30.2 Å². The molecule has 122 valence electrons. The zero-order chi connectivity index (χ0) is 16.1. The number of halogens is 2. The van der Waals surface area contributed by atoms with Gasteiger partial charge in [0.05, 0.1) is 5.02 Å². The molecule has 1 aromatic carbocycles. The molecule has 6 heteroatoms. The van der Waals surface area contributed by atoms with Gasteiger partial charge in [0.2, 0.25) is 0 Å². The van der Waals surface area contributed by atoms with E-state index in [0.717, 1.165) is 25.9 Å². The Kier molecular flexibility index (Phi) is 6.36. The van der Waals surface area contributed by atoms with Crippen molar-refractivity contribution in [1.82, 2.24) is 10.2 Å². The number of rotatable bonds is 5. The van der Waals surface area contributed by atoms with Crippen molar-refractivity contribution in [3.05, 3.63) is 28.2 Å². The summed E-state index contributed by atoms with van der Waals surface area (Å²) in [5.74, 6) is 0.352. The number of hydrogen-bond donors (Lipinski definition) is 1. The monoisotopic (exact) mass is 344 g/mol. The van der Waals surface area contributed by atoms with Crippen LogP contribution in [0.1, 0.15) is 26.7 Å². The van der Waals surface area contributed by atoms with Gasteiger partial charge in [-0.1, -0.05) is 23.2 Å². The number of nitrogens with zero attached hydrogens (tertiary/aromatic N) is 1. The number of benzene rings is 1. The first-order chi connectivity index (χ1) is 10.5. The molecule has 0 unspecified atom stereocenters. The fourth-order valence-corrected chi connectivity index (χ4v) is 3.03. The highest BCUT2D eigenvalue weighted by atomic mass is 35.5. The maximum absolute atomic E-state index is 12.0. The lowest BCUT2D eigenvalue weighted by atomic mass is 10.0. The molecule has 4 nitrogen and oxygen atoms in total. The zero-order valence-corrected chi connectivity index (χ0v) is 14.5. The molecular formula is C16H22Cl2N2O2. The van der Waals surface area contributed by atoms with E-state index in [0.29, 0.717) is 21.8 Å². The van der Waals surface area contributed by atoms with Crippen LogP contribution in [0.3, 0.4) is 0 Å². The second-order valence-corrected chi connectivity index (χ2v) is 6.68. The first-order valence-electron chi connectivity index (χ1n) is 7.57. The Labute approximate surface area is 141 Å². The van der Waals surface area contributed by atoms with E-state index in [1.165, 1.54) is 0 Å². The summed E-state index contributed by atoms with van der Waals surface area (Å²) < 4.78 is 5.44. The Bertz CT molecular complexity index is 515. The highest BCUT2D eigenvalue weighted by Gasteiger charge is 2.22. The maximum atomic E-state index is 12.0. The third kappa shape index (κ3) is 5.04. The van der Waals surface area contributed by atoms with Crippen molar-refractivity contribution in [3.63, 3.8) is 0 Å². The third-order valence-corrected chi connectivity index (χ3v) is 4.41.